The number of guanidine groups is 1. The third-order valence-corrected chi connectivity index (χ3v) is 11.2. The molecule has 0 saturated carbocycles. The maximum atomic E-state index is 12.9. The Hall–Kier alpha value is -2.18. The number of rotatable bonds is 4. The molecule has 1 spiro atoms. The second kappa shape index (κ2) is 10.9. The van der Waals surface area contributed by atoms with Crippen molar-refractivity contribution in [2.24, 2.45) is 23.2 Å². The van der Waals surface area contributed by atoms with Gasteiger partial charge in [0.1, 0.15) is 16.3 Å². The van der Waals surface area contributed by atoms with E-state index in [1.807, 2.05) is 53.1 Å². The summed E-state index contributed by atoms with van der Waals surface area (Å²) in [5.74, 6) is 2.94. The second-order valence-corrected chi connectivity index (χ2v) is 15.1. The summed E-state index contributed by atoms with van der Waals surface area (Å²) in [6, 6.07) is 3.75. The molecule has 4 heterocycles. The average Bonchev–Trinajstić information content (AvgIpc) is 3.43. The Kier molecular flexibility index (Phi) is 7.99. The van der Waals surface area contributed by atoms with Gasteiger partial charge in [-0.05, 0) is 52.7 Å². The maximum Gasteiger partial charge on any atom is 0.208 e. The number of ether oxygens (including phenoxy) is 1. The first kappa shape index (κ1) is 29.3. The van der Waals surface area contributed by atoms with Crippen LogP contribution in [0.4, 0.5) is 0 Å². The first-order valence-corrected chi connectivity index (χ1v) is 15.6. The molecule has 0 radical (unpaired) electrons. The molecule has 5 rings (SSSR count). The van der Waals surface area contributed by atoms with Crippen LogP contribution < -0.4 is 10.5 Å². The predicted octanol–water partition coefficient (Wildman–Crippen LogP) is 3.38. The number of likely N-dealkylation sites (tertiary alicyclic amines) is 1. The Bertz CT molecular complexity index is 1420. The molecular formula is C27H36ClN7O3S2. The van der Waals surface area contributed by atoms with Crippen LogP contribution in [0.15, 0.2) is 44.6 Å². The summed E-state index contributed by atoms with van der Waals surface area (Å²) in [6.07, 6.45) is 3.48. The zero-order valence-corrected chi connectivity index (χ0v) is 26.0. The average molecular weight is 606 g/mol. The lowest BCUT2D eigenvalue weighted by Crippen LogP contribution is -2.58. The number of aryl methyl sites for hydroxylation is 1. The van der Waals surface area contributed by atoms with Crippen molar-refractivity contribution in [2.45, 2.75) is 62.3 Å². The summed E-state index contributed by atoms with van der Waals surface area (Å²) < 4.78 is 23.7. The van der Waals surface area contributed by atoms with Crippen molar-refractivity contribution >= 4 is 57.5 Å². The van der Waals surface area contributed by atoms with Gasteiger partial charge >= 0.3 is 0 Å². The number of thioether (sulfide) groups is 1. The standard InChI is InChI=1S/C27H36ClN7O3S2/c1-16-23(32-40(37)26(2,3)4)27(15-38-16)9-11-35(12-10-27)25-30-24(29)22(19(14-36)34(25)6)39-20-8-7-18-17(21(20)28)13-33(5)31-18/h7-8,13,16,23,32H,9-12,15,29H2,1-6H3/t16-,23+,40+/m0/s1. The van der Waals surface area contributed by atoms with E-state index >= 15 is 0 Å². The number of likely N-dealkylation sites (N-methyl/N-ethyl adjacent to an activating group) is 1. The minimum atomic E-state index is -1.20. The zero-order chi connectivity index (χ0) is 29.0. The van der Waals surface area contributed by atoms with E-state index in [2.05, 4.69) is 20.7 Å². The van der Waals surface area contributed by atoms with Gasteiger partial charge in [-0.25, -0.2) is 4.79 Å². The fraction of sp³-hybridized carbons (Fsp3) is 0.556. The molecule has 40 heavy (non-hydrogen) atoms. The number of benzene rings is 1. The van der Waals surface area contributed by atoms with Gasteiger partial charge in [-0.2, -0.15) is 10.1 Å². The molecule has 2 saturated heterocycles. The van der Waals surface area contributed by atoms with Gasteiger partial charge in [0, 0.05) is 60.4 Å². The monoisotopic (exact) mass is 605 g/mol. The van der Waals surface area contributed by atoms with Crippen LogP contribution in [-0.4, -0.2) is 79.7 Å². The highest BCUT2D eigenvalue weighted by Crippen LogP contribution is 2.45. The maximum absolute atomic E-state index is 12.9. The van der Waals surface area contributed by atoms with Crippen molar-refractivity contribution in [3.63, 3.8) is 0 Å². The van der Waals surface area contributed by atoms with Gasteiger partial charge in [-0.1, -0.05) is 23.4 Å². The fourth-order valence-corrected chi connectivity index (χ4v) is 7.89. The van der Waals surface area contributed by atoms with Crippen LogP contribution in [-0.2, 0) is 27.9 Å². The van der Waals surface area contributed by atoms with Crippen molar-refractivity contribution in [2.75, 3.05) is 26.7 Å². The van der Waals surface area contributed by atoms with Crippen molar-refractivity contribution in [3.8, 4) is 0 Å². The molecule has 3 N–H and O–H groups in total. The van der Waals surface area contributed by atoms with Gasteiger partial charge in [0.25, 0.3) is 0 Å². The predicted molar refractivity (Wildman–Crippen MR) is 161 cm³/mol. The lowest BCUT2D eigenvalue weighted by atomic mass is 9.73. The normalized spacial score (nSPS) is 24.2. The summed E-state index contributed by atoms with van der Waals surface area (Å²) in [6.45, 7) is 9.97. The van der Waals surface area contributed by atoms with E-state index in [0.717, 1.165) is 28.6 Å². The molecule has 2 fully saturated rings. The summed E-state index contributed by atoms with van der Waals surface area (Å²) in [7, 11) is 3.65. The van der Waals surface area contributed by atoms with E-state index < -0.39 is 11.4 Å². The zero-order valence-electron chi connectivity index (χ0n) is 23.7. The van der Waals surface area contributed by atoms with E-state index in [-0.39, 0.29) is 28.1 Å². The molecule has 3 atom stereocenters. The number of hydrogen-bond acceptors (Lipinski definition) is 10. The lowest BCUT2D eigenvalue weighted by molar-refractivity contribution is 0.0820. The highest BCUT2D eigenvalue weighted by Gasteiger charge is 2.52. The largest absolute Gasteiger partial charge is 0.598 e. The quantitative estimate of drug-likeness (QED) is 0.399. The van der Waals surface area contributed by atoms with Gasteiger partial charge in [0.05, 0.1) is 34.2 Å². The van der Waals surface area contributed by atoms with Crippen LogP contribution in [0.25, 0.3) is 10.9 Å². The Labute approximate surface area is 247 Å². The van der Waals surface area contributed by atoms with Crippen LogP contribution in [0.1, 0.15) is 40.5 Å². The molecule has 1 aromatic heterocycles. The molecular weight excluding hydrogens is 570 g/mol. The van der Waals surface area contributed by atoms with E-state index in [1.165, 1.54) is 11.8 Å². The van der Waals surface area contributed by atoms with Gasteiger partial charge in [-0.3, -0.25) is 4.68 Å². The Morgan fingerprint density at radius 3 is 2.65 bits per heavy atom. The van der Waals surface area contributed by atoms with Crippen molar-refractivity contribution in [1.29, 1.82) is 0 Å². The number of aromatic nitrogens is 2. The van der Waals surface area contributed by atoms with E-state index in [4.69, 9.17) is 27.1 Å². The van der Waals surface area contributed by atoms with Crippen molar-refractivity contribution in [3.05, 3.63) is 39.8 Å². The number of nitrogens with zero attached hydrogens (tertiary/aromatic N) is 5. The fourth-order valence-electron chi connectivity index (χ4n) is 5.55. The number of carbonyl (C=O) groups excluding carboxylic acids is 1. The SMILES string of the molecule is C[C@@H]1OCC2(CCN(C3=NC(N)=C(Sc4ccc5nn(C)cc5c4Cl)C(=C=O)N3C)CC2)[C@@H]1N[S@+]([O-])C(C)(C)C. The Morgan fingerprint density at radius 2 is 2.00 bits per heavy atom. The minimum absolute atomic E-state index is 0.0129. The van der Waals surface area contributed by atoms with Crippen LogP contribution in [0.5, 0.6) is 0 Å². The molecule has 216 valence electrons. The topological polar surface area (TPSA) is 124 Å². The van der Waals surface area contributed by atoms with Crippen molar-refractivity contribution < 1.29 is 14.1 Å². The molecule has 2 aromatic rings. The highest BCUT2D eigenvalue weighted by molar-refractivity contribution is 8.03. The lowest BCUT2D eigenvalue weighted by Gasteiger charge is -2.45. The van der Waals surface area contributed by atoms with E-state index in [0.29, 0.717) is 41.3 Å². The Morgan fingerprint density at radius 1 is 1.30 bits per heavy atom. The first-order valence-electron chi connectivity index (χ1n) is 13.3. The molecule has 1 aromatic carbocycles. The molecule has 3 aliphatic heterocycles. The Balaban J connectivity index is 1.36. The number of nitrogens with one attached hydrogen (secondary N) is 1. The van der Waals surface area contributed by atoms with Crippen LogP contribution in [0.3, 0.4) is 0 Å². The molecule has 0 amide bonds. The van der Waals surface area contributed by atoms with Crippen LogP contribution >= 0.6 is 23.4 Å². The van der Waals surface area contributed by atoms with Gasteiger partial charge < -0.3 is 24.8 Å². The molecule has 0 bridgehead atoms. The van der Waals surface area contributed by atoms with Crippen molar-refractivity contribution in [1.82, 2.24) is 24.3 Å². The van der Waals surface area contributed by atoms with Crippen LogP contribution in [0, 0.1) is 5.41 Å². The second-order valence-electron chi connectivity index (χ2n) is 11.7. The summed E-state index contributed by atoms with van der Waals surface area (Å²) in [5, 5.41) is 5.77. The molecule has 0 aliphatic carbocycles. The van der Waals surface area contributed by atoms with Gasteiger partial charge in [0.15, 0.2) is 5.94 Å². The summed E-state index contributed by atoms with van der Waals surface area (Å²) >= 11 is 6.80. The molecule has 10 nitrogen and oxygen atoms in total. The highest BCUT2D eigenvalue weighted by atomic mass is 35.5. The molecule has 13 heteroatoms. The van der Waals surface area contributed by atoms with Gasteiger partial charge in [-0.15, -0.1) is 4.72 Å². The number of aliphatic imine (C=N–C) groups is 1. The number of fused-ring (bicyclic) bond motifs is 1. The summed E-state index contributed by atoms with van der Waals surface area (Å²) in [5.41, 5.74) is 7.44. The van der Waals surface area contributed by atoms with Crippen LogP contribution in [0.2, 0.25) is 5.02 Å². The minimum Gasteiger partial charge on any atom is -0.598 e. The third kappa shape index (κ3) is 5.27. The van der Waals surface area contributed by atoms with E-state index in [9.17, 15) is 9.35 Å². The first-order chi connectivity index (χ1) is 18.8. The molecule has 0 unspecified atom stereocenters. The smallest absolute Gasteiger partial charge is 0.208 e. The number of nitrogens with two attached hydrogens (primary N) is 1. The molecule has 3 aliphatic rings. The number of piperidine rings is 1. The summed E-state index contributed by atoms with van der Waals surface area (Å²) in [4.78, 5) is 22.1. The number of halogens is 1. The number of hydrogen-bond donors (Lipinski definition) is 2. The van der Waals surface area contributed by atoms with E-state index in [1.54, 1.807) is 16.6 Å². The van der Waals surface area contributed by atoms with Gasteiger partial charge in [0.2, 0.25) is 5.96 Å². The third-order valence-electron chi connectivity index (χ3n) is 7.91.